The second kappa shape index (κ2) is 11.7. The molecule has 0 spiro atoms. The first-order chi connectivity index (χ1) is 17.6. The number of benzene rings is 2. The van der Waals surface area contributed by atoms with E-state index in [4.69, 9.17) is 4.74 Å². The van der Waals surface area contributed by atoms with Gasteiger partial charge in [0.1, 0.15) is 5.75 Å². The summed E-state index contributed by atoms with van der Waals surface area (Å²) >= 11 is 1.18. The second-order valence-corrected chi connectivity index (χ2v) is 8.15. The van der Waals surface area contributed by atoms with Gasteiger partial charge in [-0.25, -0.2) is 5.43 Å². The molecule has 0 saturated carbocycles. The monoisotopic (exact) mass is 503 g/mol. The number of hydrogen-bond donors (Lipinski definition) is 1. The van der Waals surface area contributed by atoms with Crippen LogP contribution in [0.4, 0.5) is 5.69 Å². The fourth-order valence-corrected chi connectivity index (χ4v) is 3.98. The van der Waals surface area contributed by atoms with E-state index < -0.39 is 10.8 Å². The Balaban J connectivity index is 1.50. The van der Waals surface area contributed by atoms with Gasteiger partial charge >= 0.3 is 0 Å². The van der Waals surface area contributed by atoms with Crippen molar-refractivity contribution < 1.29 is 14.5 Å². The standard InChI is InChI=1S/C24H21N7O4S/c1-2-35-20-11-9-19(10-12-20)30-23(18-7-5-13-25-14-18)28-29-24(30)36-16-22(32)27-26-15-17-6-3-4-8-21(17)31(33)34/h3-15H,2,16H2,1H3,(H,27,32)/b26-15-. The number of pyridine rings is 1. The number of rotatable bonds is 10. The van der Waals surface area contributed by atoms with Crippen molar-refractivity contribution in [2.75, 3.05) is 12.4 Å². The SMILES string of the molecule is CCOc1ccc(-n2c(SCC(=O)N/N=C\c3ccccc3[N+](=O)[O-])nnc2-c2cccnc2)cc1. The van der Waals surface area contributed by atoms with Crippen LogP contribution in [0.2, 0.25) is 0 Å². The molecule has 0 aliphatic rings. The van der Waals surface area contributed by atoms with Crippen molar-refractivity contribution in [2.45, 2.75) is 12.1 Å². The second-order valence-electron chi connectivity index (χ2n) is 7.21. The van der Waals surface area contributed by atoms with Gasteiger partial charge in [0, 0.05) is 29.7 Å². The lowest BCUT2D eigenvalue weighted by Gasteiger charge is -2.11. The lowest BCUT2D eigenvalue weighted by Crippen LogP contribution is -2.20. The minimum absolute atomic E-state index is 0.00355. The molecule has 0 aliphatic carbocycles. The van der Waals surface area contributed by atoms with Crippen LogP contribution in [-0.4, -0.2) is 49.2 Å². The van der Waals surface area contributed by atoms with Crippen molar-refractivity contribution in [3.8, 4) is 22.8 Å². The van der Waals surface area contributed by atoms with E-state index in [1.807, 2.05) is 47.9 Å². The van der Waals surface area contributed by atoms with Crippen molar-refractivity contribution in [3.05, 3.63) is 88.7 Å². The molecule has 2 aromatic heterocycles. The van der Waals surface area contributed by atoms with Crippen LogP contribution >= 0.6 is 11.8 Å². The Kier molecular flexibility index (Phi) is 7.98. The average molecular weight is 504 g/mol. The largest absolute Gasteiger partial charge is 0.494 e. The first-order valence-electron chi connectivity index (χ1n) is 10.8. The molecule has 2 heterocycles. The van der Waals surface area contributed by atoms with E-state index in [0.717, 1.165) is 17.0 Å². The molecule has 0 bridgehead atoms. The zero-order chi connectivity index (χ0) is 25.3. The first-order valence-corrected chi connectivity index (χ1v) is 11.8. The Morgan fingerprint density at radius 3 is 2.69 bits per heavy atom. The number of hydrazone groups is 1. The van der Waals surface area contributed by atoms with Gasteiger partial charge < -0.3 is 4.74 Å². The van der Waals surface area contributed by atoms with Gasteiger partial charge in [-0.3, -0.25) is 24.5 Å². The third-order valence-corrected chi connectivity index (χ3v) is 5.75. The maximum Gasteiger partial charge on any atom is 0.278 e. The van der Waals surface area contributed by atoms with E-state index in [1.165, 1.54) is 24.0 Å². The zero-order valence-electron chi connectivity index (χ0n) is 19.1. The van der Waals surface area contributed by atoms with Gasteiger partial charge in [-0.1, -0.05) is 23.9 Å². The van der Waals surface area contributed by atoms with E-state index in [1.54, 1.807) is 30.6 Å². The molecule has 0 fully saturated rings. The highest BCUT2D eigenvalue weighted by atomic mass is 32.2. The third-order valence-electron chi connectivity index (χ3n) is 4.82. The Morgan fingerprint density at radius 1 is 1.17 bits per heavy atom. The molecule has 0 saturated heterocycles. The minimum atomic E-state index is -0.507. The van der Waals surface area contributed by atoms with Crippen LogP contribution in [0.1, 0.15) is 12.5 Å². The number of nitro groups is 1. The predicted octanol–water partition coefficient (Wildman–Crippen LogP) is 3.88. The quantitative estimate of drug-likeness (QED) is 0.149. The number of nitrogens with one attached hydrogen (secondary N) is 1. The van der Waals surface area contributed by atoms with E-state index in [0.29, 0.717) is 17.6 Å². The molecule has 12 heteroatoms. The Bertz CT molecular complexity index is 1370. The highest BCUT2D eigenvalue weighted by Gasteiger charge is 2.18. The van der Waals surface area contributed by atoms with Crippen LogP contribution in [0.3, 0.4) is 0 Å². The number of carbonyl (C=O) groups excluding carboxylic acids is 1. The van der Waals surface area contributed by atoms with Crippen LogP contribution < -0.4 is 10.2 Å². The summed E-state index contributed by atoms with van der Waals surface area (Å²) in [6, 6.07) is 17.3. The highest BCUT2D eigenvalue weighted by molar-refractivity contribution is 7.99. The van der Waals surface area contributed by atoms with Crippen LogP contribution in [0.5, 0.6) is 5.75 Å². The van der Waals surface area contributed by atoms with Gasteiger partial charge in [-0.05, 0) is 49.4 Å². The fraction of sp³-hybridized carbons (Fsp3) is 0.125. The number of carbonyl (C=O) groups is 1. The molecular weight excluding hydrogens is 482 g/mol. The smallest absolute Gasteiger partial charge is 0.278 e. The van der Waals surface area contributed by atoms with Crippen molar-refractivity contribution in [1.29, 1.82) is 0 Å². The topological polar surface area (TPSA) is 137 Å². The summed E-state index contributed by atoms with van der Waals surface area (Å²) in [7, 11) is 0. The van der Waals surface area contributed by atoms with E-state index in [2.05, 4.69) is 25.7 Å². The predicted molar refractivity (Wildman–Crippen MR) is 135 cm³/mol. The molecule has 1 N–H and O–H groups in total. The Labute approximate surface area is 210 Å². The van der Waals surface area contributed by atoms with Gasteiger partial charge in [0.2, 0.25) is 0 Å². The maximum atomic E-state index is 12.4. The van der Waals surface area contributed by atoms with Gasteiger partial charge in [0.15, 0.2) is 11.0 Å². The summed E-state index contributed by atoms with van der Waals surface area (Å²) in [5.74, 6) is 0.905. The molecular formula is C24H21N7O4S. The molecule has 0 atom stereocenters. The number of amides is 1. The zero-order valence-corrected chi connectivity index (χ0v) is 20.0. The highest BCUT2D eigenvalue weighted by Crippen LogP contribution is 2.28. The van der Waals surface area contributed by atoms with E-state index in [-0.39, 0.29) is 17.0 Å². The summed E-state index contributed by atoms with van der Waals surface area (Å²) in [5.41, 5.74) is 4.13. The Hall–Kier alpha value is -4.58. The number of para-hydroxylation sites is 1. The molecule has 0 aliphatic heterocycles. The molecule has 4 rings (SSSR count). The molecule has 36 heavy (non-hydrogen) atoms. The molecule has 0 radical (unpaired) electrons. The average Bonchev–Trinajstić information content (AvgIpc) is 3.33. The number of nitro benzene ring substituents is 1. The number of thioether (sulfide) groups is 1. The van der Waals surface area contributed by atoms with Gasteiger partial charge in [-0.15, -0.1) is 10.2 Å². The summed E-state index contributed by atoms with van der Waals surface area (Å²) in [6.07, 6.45) is 4.60. The lowest BCUT2D eigenvalue weighted by atomic mass is 10.2. The lowest BCUT2D eigenvalue weighted by molar-refractivity contribution is -0.385. The normalized spacial score (nSPS) is 10.9. The summed E-state index contributed by atoms with van der Waals surface area (Å²) in [6.45, 7) is 2.47. The number of nitrogens with zero attached hydrogens (tertiary/aromatic N) is 6. The fourth-order valence-electron chi connectivity index (χ4n) is 3.24. The van der Waals surface area contributed by atoms with E-state index >= 15 is 0 Å². The maximum absolute atomic E-state index is 12.4. The number of hydrogen-bond acceptors (Lipinski definition) is 9. The molecule has 4 aromatic rings. The minimum Gasteiger partial charge on any atom is -0.494 e. The van der Waals surface area contributed by atoms with Crippen LogP contribution in [0.25, 0.3) is 17.1 Å². The summed E-state index contributed by atoms with van der Waals surface area (Å²) < 4.78 is 7.37. The molecule has 2 aromatic carbocycles. The van der Waals surface area contributed by atoms with E-state index in [9.17, 15) is 14.9 Å². The number of aromatic nitrogens is 4. The summed E-state index contributed by atoms with van der Waals surface area (Å²) in [5, 5.41) is 24.1. The molecule has 0 unspecified atom stereocenters. The van der Waals surface area contributed by atoms with Crippen molar-refractivity contribution in [3.63, 3.8) is 0 Å². The number of ether oxygens (including phenoxy) is 1. The van der Waals surface area contributed by atoms with Crippen LogP contribution in [-0.2, 0) is 4.79 Å². The summed E-state index contributed by atoms with van der Waals surface area (Å²) in [4.78, 5) is 27.2. The van der Waals surface area contributed by atoms with Crippen molar-refractivity contribution >= 4 is 29.6 Å². The molecule has 1 amide bonds. The van der Waals surface area contributed by atoms with Crippen molar-refractivity contribution in [1.82, 2.24) is 25.2 Å². The molecule has 182 valence electrons. The first kappa shape index (κ1) is 24.5. The Morgan fingerprint density at radius 2 is 1.97 bits per heavy atom. The van der Waals surface area contributed by atoms with Gasteiger partial charge in [0.05, 0.1) is 29.1 Å². The van der Waals surface area contributed by atoms with Gasteiger partial charge in [0.25, 0.3) is 11.6 Å². The van der Waals surface area contributed by atoms with Crippen LogP contribution in [0, 0.1) is 10.1 Å². The van der Waals surface area contributed by atoms with Crippen LogP contribution in [0.15, 0.2) is 83.3 Å². The third kappa shape index (κ3) is 5.91. The van der Waals surface area contributed by atoms with Crippen molar-refractivity contribution in [2.24, 2.45) is 5.10 Å². The van der Waals surface area contributed by atoms with Gasteiger partial charge in [-0.2, -0.15) is 5.10 Å². The molecule has 11 nitrogen and oxygen atoms in total.